The molecule has 0 bridgehead atoms. The molecule has 0 heterocycles. The molecule has 0 radical (unpaired) electrons. The topological polar surface area (TPSA) is 29.5 Å². The van der Waals surface area contributed by atoms with Crippen LogP contribution in [0.1, 0.15) is 69.4 Å². The summed E-state index contributed by atoms with van der Waals surface area (Å²) in [5, 5.41) is 9.78. The van der Waals surface area contributed by atoms with Gasteiger partial charge in [-0.2, -0.15) is 0 Å². The maximum absolute atomic E-state index is 9.78. The third-order valence-electron chi connectivity index (χ3n) is 7.15. The van der Waals surface area contributed by atoms with Crippen molar-refractivity contribution in [2.45, 2.75) is 70.8 Å². The second-order valence-electron chi connectivity index (χ2n) is 8.28. The normalized spacial score (nSPS) is 38.7. The Labute approximate surface area is 140 Å². The van der Waals surface area contributed by atoms with Gasteiger partial charge in [0.2, 0.25) is 0 Å². The second kappa shape index (κ2) is 5.81. The van der Waals surface area contributed by atoms with Crippen LogP contribution >= 0.6 is 0 Å². The fourth-order valence-corrected chi connectivity index (χ4v) is 6.05. The van der Waals surface area contributed by atoms with E-state index in [1.807, 2.05) is 12.1 Å². The van der Waals surface area contributed by atoms with Gasteiger partial charge in [0.15, 0.2) is 0 Å². The minimum atomic E-state index is 0.394. The molecule has 0 aliphatic heterocycles. The van der Waals surface area contributed by atoms with E-state index in [9.17, 15) is 5.11 Å². The number of rotatable bonds is 3. The Bertz CT molecular complexity index is 581. The number of ether oxygens (including phenoxy) is 1. The summed E-state index contributed by atoms with van der Waals surface area (Å²) in [5.41, 5.74) is 3.32. The molecule has 0 saturated heterocycles. The third kappa shape index (κ3) is 2.41. The van der Waals surface area contributed by atoms with Gasteiger partial charge >= 0.3 is 0 Å². The van der Waals surface area contributed by atoms with E-state index in [4.69, 9.17) is 4.74 Å². The highest BCUT2D eigenvalue weighted by Gasteiger charge is 2.55. The maximum Gasteiger partial charge on any atom is 0.115 e. The molecule has 126 valence electrons. The first-order chi connectivity index (χ1) is 11.1. The van der Waals surface area contributed by atoms with Gasteiger partial charge < -0.3 is 9.84 Å². The van der Waals surface area contributed by atoms with Crippen LogP contribution in [0.15, 0.2) is 18.2 Å². The summed E-state index contributed by atoms with van der Waals surface area (Å²) in [4.78, 5) is 0. The number of aromatic hydroxyl groups is 1. The van der Waals surface area contributed by atoms with Crippen molar-refractivity contribution in [1.82, 2.24) is 0 Å². The largest absolute Gasteiger partial charge is 0.508 e. The van der Waals surface area contributed by atoms with Crippen LogP contribution in [0.25, 0.3) is 0 Å². The monoisotopic (exact) mass is 314 g/mol. The van der Waals surface area contributed by atoms with Crippen LogP contribution in [-0.4, -0.2) is 17.8 Å². The molecule has 0 spiro atoms. The fraction of sp³-hybridized carbons (Fsp3) is 0.714. The lowest BCUT2D eigenvalue weighted by atomic mass is 9.55. The van der Waals surface area contributed by atoms with E-state index >= 15 is 0 Å². The molecule has 2 saturated carbocycles. The van der Waals surface area contributed by atoms with Gasteiger partial charge in [-0.15, -0.1) is 0 Å². The van der Waals surface area contributed by atoms with Gasteiger partial charge in [-0.05, 0) is 91.4 Å². The second-order valence-corrected chi connectivity index (χ2v) is 8.28. The van der Waals surface area contributed by atoms with Crippen molar-refractivity contribution in [3.63, 3.8) is 0 Å². The molecular weight excluding hydrogens is 284 g/mol. The molecular formula is C21H30O2. The van der Waals surface area contributed by atoms with Gasteiger partial charge in [-0.3, -0.25) is 0 Å². The van der Waals surface area contributed by atoms with Gasteiger partial charge in [-0.25, -0.2) is 0 Å². The molecule has 5 atom stereocenters. The fourth-order valence-electron chi connectivity index (χ4n) is 6.05. The van der Waals surface area contributed by atoms with Crippen LogP contribution in [0.5, 0.6) is 5.75 Å². The number of benzene rings is 1. The van der Waals surface area contributed by atoms with Crippen LogP contribution in [0.2, 0.25) is 0 Å². The molecule has 1 N–H and O–H groups in total. The standard InChI is InChI=1S/C21H30O2/c1-3-12-23-20-9-8-19-18-6-4-14-13-15(22)5-7-16(14)17(18)10-11-21(19,20)2/h5,7,13,17-20,22H,3-4,6,8-12H2,1-2H3/t17?,18?,19?,20-,21-/m0/s1. The molecule has 0 amide bonds. The van der Waals surface area contributed by atoms with E-state index in [0.717, 1.165) is 31.3 Å². The maximum atomic E-state index is 9.78. The van der Waals surface area contributed by atoms with Crippen molar-refractivity contribution in [2.24, 2.45) is 17.3 Å². The van der Waals surface area contributed by atoms with Gasteiger partial charge in [0, 0.05) is 6.61 Å². The first-order valence-electron chi connectivity index (χ1n) is 9.57. The van der Waals surface area contributed by atoms with Gasteiger partial charge in [0.1, 0.15) is 5.75 Å². The smallest absolute Gasteiger partial charge is 0.115 e. The van der Waals surface area contributed by atoms with E-state index in [1.54, 1.807) is 0 Å². The molecule has 23 heavy (non-hydrogen) atoms. The minimum Gasteiger partial charge on any atom is -0.508 e. The van der Waals surface area contributed by atoms with E-state index in [-0.39, 0.29) is 0 Å². The molecule has 3 aliphatic carbocycles. The summed E-state index contributed by atoms with van der Waals surface area (Å²) in [5.74, 6) is 2.78. The Hall–Kier alpha value is -1.02. The molecule has 3 unspecified atom stereocenters. The lowest BCUT2D eigenvalue weighted by molar-refractivity contribution is -0.0636. The van der Waals surface area contributed by atoms with Gasteiger partial charge in [-0.1, -0.05) is 19.9 Å². The predicted molar refractivity (Wildman–Crippen MR) is 92.8 cm³/mol. The highest BCUT2D eigenvalue weighted by Crippen LogP contribution is 2.61. The van der Waals surface area contributed by atoms with Crippen LogP contribution < -0.4 is 0 Å². The average molecular weight is 314 g/mol. The highest BCUT2D eigenvalue weighted by atomic mass is 16.5. The van der Waals surface area contributed by atoms with Crippen molar-refractivity contribution in [3.05, 3.63) is 29.3 Å². The summed E-state index contributed by atoms with van der Waals surface area (Å²) in [6.07, 6.45) is 9.23. The highest BCUT2D eigenvalue weighted by molar-refractivity contribution is 5.40. The zero-order valence-electron chi connectivity index (χ0n) is 14.6. The third-order valence-corrected chi connectivity index (χ3v) is 7.15. The Morgan fingerprint density at radius 2 is 2.09 bits per heavy atom. The molecule has 2 heteroatoms. The first-order valence-corrected chi connectivity index (χ1v) is 9.57. The summed E-state index contributed by atoms with van der Waals surface area (Å²) in [6.45, 7) is 5.63. The Kier molecular flexibility index (Phi) is 3.91. The summed E-state index contributed by atoms with van der Waals surface area (Å²) < 4.78 is 6.26. The molecule has 0 aromatic heterocycles. The summed E-state index contributed by atoms with van der Waals surface area (Å²) >= 11 is 0. The number of phenols is 1. The zero-order valence-corrected chi connectivity index (χ0v) is 14.6. The van der Waals surface area contributed by atoms with Gasteiger partial charge in [0.05, 0.1) is 6.10 Å². The first kappa shape index (κ1) is 15.5. The number of fused-ring (bicyclic) bond motifs is 5. The van der Waals surface area contributed by atoms with Crippen molar-refractivity contribution in [2.75, 3.05) is 6.61 Å². The van der Waals surface area contributed by atoms with E-state index in [2.05, 4.69) is 19.9 Å². The number of hydrogen-bond donors (Lipinski definition) is 1. The molecule has 3 aliphatic rings. The summed E-state index contributed by atoms with van der Waals surface area (Å²) in [7, 11) is 0. The number of hydrogen-bond acceptors (Lipinski definition) is 2. The van der Waals surface area contributed by atoms with E-state index in [1.165, 1.54) is 43.2 Å². The molecule has 1 aromatic carbocycles. The van der Waals surface area contributed by atoms with Crippen LogP contribution in [0, 0.1) is 17.3 Å². The molecule has 2 nitrogen and oxygen atoms in total. The van der Waals surface area contributed by atoms with Crippen LogP contribution in [0.3, 0.4) is 0 Å². The SMILES string of the molecule is CCCO[C@H]1CCC2C3CCc4cc(O)ccc4C3CC[C@@]21C. The Balaban J connectivity index is 1.59. The Morgan fingerprint density at radius 1 is 1.22 bits per heavy atom. The van der Waals surface area contributed by atoms with E-state index in [0.29, 0.717) is 23.2 Å². The van der Waals surface area contributed by atoms with Crippen molar-refractivity contribution in [3.8, 4) is 5.75 Å². The summed E-state index contributed by atoms with van der Waals surface area (Å²) in [6, 6.07) is 6.09. The lowest BCUT2D eigenvalue weighted by Crippen LogP contribution is -2.44. The predicted octanol–water partition coefficient (Wildman–Crippen LogP) is 5.04. The van der Waals surface area contributed by atoms with E-state index < -0.39 is 0 Å². The lowest BCUT2D eigenvalue weighted by Gasteiger charge is -2.50. The van der Waals surface area contributed by atoms with Crippen LogP contribution in [0.4, 0.5) is 0 Å². The average Bonchev–Trinajstić information content (AvgIpc) is 2.89. The zero-order chi connectivity index (χ0) is 16.0. The van der Waals surface area contributed by atoms with Gasteiger partial charge in [0.25, 0.3) is 0 Å². The number of phenolic OH excluding ortho intramolecular Hbond substituents is 1. The molecule has 4 rings (SSSR count). The quantitative estimate of drug-likeness (QED) is 0.846. The number of aryl methyl sites for hydroxylation is 1. The Morgan fingerprint density at radius 3 is 2.91 bits per heavy atom. The molecule has 1 aromatic rings. The van der Waals surface area contributed by atoms with Crippen molar-refractivity contribution >= 4 is 0 Å². The minimum absolute atomic E-state index is 0.394. The molecule has 2 fully saturated rings. The van der Waals surface area contributed by atoms with Crippen LogP contribution in [-0.2, 0) is 11.2 Å². The van der Waals surface area contributed by atoms with Crippen molar-refractivity contribution in [1.29, 1.82) is 0 Å². The van der Waals surface area contributed by atoms with Crippen molar-refractivity contribution < 1.29 is 9.84 Å².